The molecule has 82 valence electrons. The average molecular weight is 204 g/mol. The van der Waals surface area contributed by atoms with Crippen LogP contribution in [0.25, 0.3) is 0 Å². The second kappa shape index (κ2) is 4.75. The predicted octanol–water partition coefficient (Wildman–Crippen LogP) is 2.57. The van der Waals surface area contributed by atoms with E-state index in [0.717, 1.165) is 5.92 Å². The summed E-state index contributed by atoms with van der Waals surface area (Å²) in [6, 6.07) is 4.86. The Kier molecular flexibility index (Phi) is 3.37. The molecule has 0 amide bonds. The van der Waals surface area contributed by atoms with E-state index in [1.807, 2.05) is 12.4 Å². The molecule has 2 atom stereocenters. The minimum Gasteiger partial charge on any atom is -0.316 e. The van der Waals surface area contributed by atoms with Crippen LogP contribution < -0.4 is 5.32 Å². The number of hydrogen-bond donors (Lipinski definition) is 1. The molecule has 1 N–H and O–H groups in total. The highest BCUT2D eigenvalue weighted by Crippen LogP contribution is 2.36. The van der Waals surface area contributed by atoms with Crippen molar-refractivity contribution in [2.24, 2.45) is 5.92 Å². The van der Waals surface area contributed by atoms with Gasteiger partial charge < -0.3 is 5.32 Å². The van der Waals surface area contributed by atoms with Gasteiger partial charge in [-0.05, 0) is 43.0 Å². The van der Waals surface area contributed by atoms with E-state index in [-0.39, 0.29) is 0 Å². The number of likely N-dealkylation sites (N-methyl/N-ethyl adjacent to an activating group) is 1. The Labute approximate surface area is 92.1 Å². The van der Waals surface area contributed by atoms with Crippen molar-refractivity contribution in [2.75, 3.05) is 7.05 Å². The molecule has 2 nitrogen and oxygen atoms in total. The van der Waals surface area contributed by atoms with Gasteiger partial charge in [0, 0.05) is 18.4 Å². The van der Waals surface area contributed by atoms with Crippen LogP contribution in [-0.2, 0) is 0 Å². The Morgan fingerprint density at radius 3 is 2.60 bits per heavy atom. The van der Waals surface area contributed by atoms with E-state index in [2.05, 4.69) is 36.4 Å². The molecule has 1 saturated carbocycles. The summed E-state index contributed by atoms with van der Waals surface area (Å²) in [7, 11) is 2.07. The van der Waals surface area contributed by atoms with E-state index in [9.17, 15) is 0 Å². The van der Waals surface area contributed by atoms with Crippen molar-refractivity contribution in [1.29, 1.82) is 0 Å². The quantitative estimate of drug-likeness (QED) is 0.797. The van der Waals surface area contributed by atoms with Gasteiger partial charge in [-0.1, -0.05) is 19.8 Å². The normalized spacial score (nSPS) is 19.9. The standard InChI is InChI=1S/C13H20N2/c1-10(12-5-7-15-8-6-12)13(14-2)9-11-3-4-11/h5-8,10-11,13-14H,3-4,9H2,1-2H3. The van der Waals surface area contributed by atoms with Gasteiger partial charge >= 0.3 is 0 Å². The fourth-order valence-corrected chi connectivity index (χ4v) is 2.18. The maximum Gasteiger partial charge on any atom is 0.0270 e. The van der Waals surface area contributed by atoms with Crippen LogP contribution in [0.4, 0.5) is 0 Å². The lowest BCUT2D eigenvalue weighted by atomic mass is 9.90. The van der Waals surface area contributed by atoms with Gasteiger partial charge in [0.05, 0.1) is 0 Å². The molecule has 0 saturated heterocycles. The smallest absolute Gasteiger partial charge is 0.0270 e. The van der Waals surface area contributed by atoms with E-state index in [1.165, 1.54) is 24.8 Å². The third kappa shape index (κ3) is 2.78. The average Bonchev–Trinajstić information content (AvgIpc) is 3.10. The van der Waals surface area contributed by atoms with Crippen molar-refractivity contribution in [3.8, 4) is 0 Å². The fraction of sp³-hybridized carbons (Fsp3) is 0.615. The van der Waals surface area contributed by atoms with Crippen molar-refractivity contribution in [1.82, 2.24) is 10.3 Å². The minimum atomic E-state index is 0.582. The summed E-state index contributed by atoms with van der Waals surface area (Å²) in [5.41, 5.74) is 1.39. The summed E-state index contributed by atoms with van der Waals surface area (Å²) in [5.74, 6) is 1.56. The van der Waals surface area contributed by atoms with Crippen LogP contribution in [0.15, 0.2) is 24.5 Å². The number of hydrogen-bond acceptors (Lipinski definition) is 2. The Bertz CT molecular complexity index is 293. The van der Waals surface area contributed by atoms with Gasteiger partial charge in [0.15, 0.2) is 0 Å². The second-order valence-electron chi connectivity index (χ2n) is 4.64. The van der Waals surface area contributed by atoms with E-state index in [4.69, 9.17) is 0 Å². The van der Waals surface area contributed by atoms with Crippen molar-refractivity contribution < 1.29 is 0 Å². The van der Waals surface area contributed by atoms with Gasteiger partial charge in [0.1, 0.15) is 0 Å². The Morgan fingerprint density at radius 2 is 2.07 bits per heavy atom. The predicted molar refractivity (Wildman–Crippen MR) is 62.8 cm³/mol. The second-order valence-corrected chi connectivity index (χ2v) is 4.64. The van der Waals surface area contributed by atoms with E-state index in [1.54, 1.807) is 0 Å². The molecular weight excluding hydrogens is 184 g/mol. The molecule has 1 aliphatic carbocycles. The van der Waals surface area contributed by atoms with Gasteiger partial charge in [-0.15, -0.1) is 0 Å². The van der Waals surface area contributed by atoms with Crippen LogP contribution in [0.3, 0.4) is 0 Å². The van der Waals surface area contributed by atoms with Crippen molar-refractivity contribution >= 4 is 0 Å². The van der Waals surface area contributed by atoms with Gasteiger partial charge in [-0.3, -0.25) is 4.98 Å². The molecule has 0 bridgehead atoms. The number of rotatable bonds is 5. The van der Waals surface area contributed by atoms with Crippen LogP contribution in [0.1, 0.15) is 37.7 Å². The molecule has 15 heavy (non-hydrogen) atoms. The molecule has 0 aliphatic heterocycles. The third-order valence-corrected chi connectivity index (χ3v) is 3.49. The summed E-state index contributed by atoms with van der Waals surface area (Å²) in [6.45, 7) is 2.30. The lowest BCUT2D eigenvalue weighted by molar-refractivity contribution is 0.433. The summed E-state index contributed by atoms with van der Waals surface area (Å²) in [6.07, 6.45) is 7.95. The van der Waals surface area contributed by atoms with Crippen LogP contribution in [0.2, 0.25) is 0 Å². The van der Waals surface area contributed by atoms with Crippen molar-refractivity contribution in [3.05, 3.63) is 30.1 Å². The van der Waals surface area contributed by atoms with Gasteiger partial charge in [-0.2, -0.15) is 0 Å². The number of nitrogens with one attached hydrogen (secondary N) is 1. The topological polar surface area (TPSA) is 24.9 Å². The highest BCUT2D eigenvalue weighted by Gasteiger charge is 2.27. The molecule has 2 rings (SSSR count). The molecule has 0 radical (unpaired) electrons. The lowest BCUT2D eigenvalue weighted by Gasteiger charge is -2.23. The molecule has 1 aliphatic rings. The maximum absolute atomic E-state index is 4.07. The molecule has 0 aromatic carbocycles. The van der Waals surface area contributed by atoms with E-state index in [0.29, 0.717) is 12.0 Å². The summed E-state index contributed by atoms with van der Waals surface area (Å²) >= 11 is 0. The summed E-state index contributed by atoms with van der Waals surface area (Å²) in [4.78, 5) is 4.07. The molecule has 1 aromatic heterocycles. The zero-order valence-electron chi connectivity index (χ0n) is 9.61. The van der Waals surface area contributed by atoms with Crippen LogP contribution in [-0.4, -0.2) is 18.1 Å². The van der Waals surface area contributed by atoms with E-state index >= 15 is 0 Å². The number of nitrogens with zero attached hydrogens (tertiary/aromatic N) is 1. The summed E-state index contributed by atoms with van der Waals surface area (Å²) < 4.78 is 0. The Hall–Kier alpha value is -0.890. The highest BCUT2D eigenvalue weighted by atomic mass is 14.9. The Morgan fingerprint density at radius 1 is 1.40 bits per heavy atom. The van der Waals surface area contributed by atoms with Crippen molar-refractivity contribution in [2.45, 2.75) is 38.1 Å². The fourth-order valence-electron chi connectivity index (χ4n) is 2.18. The minimum absolute atomic E-state index is 0.582. The van der Waals surface area contributed by atoms with Crippen LogP contribution in [0.5, 0.6) is 0 Å². The molecule has 1 fully saturated rings. The van der Waals surface area contributed by atoms with Gasteiger partial charge in [-0.25, -0.2) is 0 Å². The lowest BCUT2D eigenvalue weighted by Crippen LogP contribution is -2.31. The molecule has 0 spiro atoms. The number of pyridine rings is 1. The number of aromatic nitrogens is 1. The first-order chi connectivity index (χ1) is 7.31. The third-order valence-electron chi connectivity index (χ3n) is 3.49. The molecule has 1 aromatic rings. The van der Waals surface area contributed by atoms with Crippen LogP contribution >= 0.6 is 0 Å². The van der Waals surface area contributed by atoms with Gasteiger partial charge in [0.2, 0.25) is 0 Å². The van der Waals surface area contributed by atoms with E-state index < -0.39 is 0 Å². The van der Waals surface area contributed by atoms with Gasteiger partial charge in [0.25, 0.3) is 0 Å². The molecular formula is C13H20N2. The van der Waals surface area contributed by atoms with Crippen LogP contribution in [0, 0.1) is 5.92 Å². The molecule has 2 unspecified atom stereocenters. The first-order valence-corrected chi connectivity index (χ1v) is 5.88. The SMILES string of the molecule is CNC(CC1CC1)C(C)c1ccncc1. The largest absolute Gasteiger partial charge is 0.316 e. The first kappa shape index (κ1) is 10.6. The summed E-state index contributed by atoms with van der Waals surface area (Å²) in [5, 5.41) is 3.45. The molecule has 1 heterocycles. The van der Waals surface area contributed by atoms with Crippen molar-refractivity contribution in [3.63, 3.8) is 0 Å². The maximum atomic E-state index is 4.07. The monoisotopic (exact) mass is 204 g/mol. The zero-order valence-corrected chi connectivity index (χ0v) is 9.61. The molecule has 2 heteroatoms. The highest BCUT2D eigenvalue weighted by molar-refractivity contribution is 5.17. The zero-order chi connectivity index (χ0) is 10.7. The Balaban J connectivity index is 2.00. The first-order valence-electron chi connectivity index (χ1n) is 5.88.